The summed E-state index contributed by atoms with van der Waals surface area (Å²) in [4.78, 5) is 17.6. The molecule has 10 heteroatoms. The van der Waals surface area contributed by atoms with Gasteiger partial charge in [-0.15, -0.1) is 5.10 Å². The number of benzene rings is 2. The number of nitrogens with one attached hydrogen (secondary N) is 1. The van der Waals surface area contributed by atoms with E-state index in [1.54, 1.807) is 17.1 Å². The molecule has 2 aliphatic rings. The Hall–Kier alpha value is -2.23. The molecule has 0 spiro atoms. The number of fused-ring (bicyclic) bond motifs is 2. The summed E-state index contributed by atoms with van der Waals surface area (Å²) in [7, 11) is 1.44. The number of aromatic hydroxyl groups is 1. The number of carbonyl (C=O) groups is 1. The van der Waals surface area contributed by atoms with Crippen LogP contribution in [0.3, 0.4) is 0 Å². The number of thioether (sulfide) groups is 1. The SMILES string of the molecule is COc1cc(C2N=c3ccc(Br)cc3=C3C(=O)NC(SC)=NN32)cc(Cl)c1O. The first kappa shape index (κ1) is 19.1. The van der Waals surface area contributed by atoms with Crippen LogP contribution in [0.15, 0.2) is 44.9 Å². The molecule has 0 aliphatic carbocycles. The van der Waals surface area contributed by atoms with Crippen LogP contribution >= 0.6 is 39.3 Å². The number of phenolic OH excluding ortho intramolecular Hbond substituents is 1. The van der Waals surface area contributed by atoms with Gasteiger partial charge in [0, 0.05) is 15.3 Å². The van der Waals surface area contributed by atoms with E-state index in [0.717, 1.165) is 4.47 Å². The summed E-state index contributed by atoms with van der Waals surface area (Å²) >= 11 is 10.9. The molecule has 0 radical (unpaired) electrons. The van der Waals surface area contributed by atoms with Gasteiger partial charge in [-0.25, -0.2) is 5.01 Å². The number of rotatable bonds is 2. The van der Waals surface area contributed by atoms with Gasteiger partial charge in [-0.2, -0.15) is 0 Å². The Bertz CT molecular complexity index is 1150. The van der Waals surface area contributed by atoms with E-state index in [0.29, 0.717) is 27.0 Å². The highest BCUT2D eigenvalue weighted by Gasteiger charge is 2.35. The van der Waals surface area contributed by atoms with Crippen molar-refractivity contribution in [1.29, 1.82) is 0 Å². The second-order valence-corrected chi connectivity index (χ2v) is 8.09. The molecule has 7 nitrogen and oxygen atoms in total. The van der Waals surface area contributed by atoms with Gasteiger partial charge in [0.2, 0.25) is 0 Å². The maximum atomic E-state index is 12.9. The molecule has 2 aliphatic heterocycles. The molecule has 1 amide bonds. The van der Waals surface area contributed by atoms with Crippen LogP contribution in [-0.2, 0) is 4.79 Å². The van der Waals surface area contributed by atoms with E-state index < -0.39 is 6.17 Å². The number of methoxy groups -OCH3 is 1. The number of nitrogens with zero attached hydrogens (tertiary/aromatic N) is 3. The summed E-state index contributed by atoms with van der Waals surface area (Å²) in [6, 6.07) is 8.75. The summed E-state index contributed by atoms with van der Waals surface area (Å²) in [6.07, 6.45) is 1.18. The average Bonchev–Trinajstić information content (AvgIpc) is 2.68. The van der Waals surface area contributed by atoms with E-state index in [1.165, 1.54) is 18.9 Å². The Balaban J connectivity index is 2.00. The van der Waals surface area contributed by atoms with Crippen LogP contribution in [0.25, 0.3) is 5.70 Å². The molecule has 0 saturated carbocycles. The molecular weight excluding hydrogens is 468 g/mol. The van der Waals surface area contributed by atoms with Crippen molar-refractivity contribution in [1.82, 2.24) is 10.3 Å². The van der Waals surface area contributed by atoms with Crippen LogP contribution in [0, 0.1) is 0 Å². The van der Waals surface area contributed by atoms with Crippen molar-refractivity contribution in [3.8, 4) is 11.5 Å². The average molecular weight is 482 g/mol. The standard InChI is InChI=1S/C18H14BrClN4O3S/c1-27-13-6-8(5-11(20)15(13)25)16-21-12-4-3-9(19)7-10(12)14-17(26)22-18(28-2)23-24(14)16/h3-7,16,25H,1-2H3,(H,22,23,26). The van der Waals surface area contributed by atoms with E-state index in [4.69, 9.17) is 21.3 Å². The lowest BCUT2D eigenvalue weighted by molar-refractivity contribution is -0.116. The van der Waals surface area contributed by atoms with Gasteiger partial charge in [0.05, 0.1) is 17.5 Å². The van der Waals surface area contributed by atoms with E-state index in [2.05, 4.69) is 26.3 Å². The molecule has 4 rings (SSSR count). The first-order valence-electron chi connectivity index (χ1n) is 8.10. The fourth-order valence-electron chi connectivity index (χ4n) is 3.06. The Labute approximate surface area is 177 Å². The van der Waals surface area contributed by atoms with Crippen LogP contribution in [0.1, 0.15) is 11.7 Å². The smallest absolute Gasteiger partial charge is 0.276 e. The highest BCUT2D eigenvalue weighted by molar-refractivity contribution is 9.10. The molecule has 0 bridgehead atoms. The van der Waals surface area contributed by atoms with Gasteiger partial charge in [-0.05, 0) is 36.6 Å². The number of phenols is 1. The summed E-state index contributed by atoms with van der Waals surface area (Å²) in [6.45, 7) is 0. The molecule has 0 saturated heterocycles. The molecule has 1 atom stereocenters. The number of carbonyl (C=O) groups excluding carboxylic acids is 1. The summed E-state index contributed by atoms with van der Waals surface area (Å²) in [5, 5.41) is 20.9. The van der Waals surface area contributed by atoms with Crippen LogP contribution in [-0.4, -0.2) is 34.6 Å². The maximum Gasteiger partial charge on any atom is 0.276 e. The zero-order valence-electron chi connectivity index (χ0n) is 14.7. The molecule has 2 aromatic carbocycles. The highest BCUT2D eigenvalue weighted by Crippen LogP contribution is 2.39. The molecule has 2 aromatic rings. The predicted molar refractivity (Wildman–Crippen MR) is 112 cm³/mol. The van der Waals surface area contributed by atoms with Gasteiger partial charge in [-0.3, -0.25) is 15.1 Å². The number of hydrogen-bond acceptors (Lipinski definition) is 7. The van der Waals surface area contributed by atoms with E-state index in [-0.39, 0.29) is 22.4 Å². The normalized spacial score (nSPS) is 17.9. The zero-order valence-corrected chi connectivity index (χ0v) is 17.9. The van der Waals surface area contributed by atoms with Crippen molar-refractivity contribution in [2.75, 3.05) is 13.4 Å². The number of hydrogen-bond donors (Lipinski definition) is 2. The number of amides is 1. The number of hydrazone groups is 1. The van der Waals surface area contributed by atoms with Crippen LogP contribution in [0.2, 0.25) is 5.02 Å². The first-order valence-corrected chi connectivity index (χ1v) is 10.5. The first-order chi connectivity index (χ1) is 13.4. The Morgan fingerprint density at radius 2 is 2.14 bits per heavy atom. The number of amidine groups is 1. The minimum atomic E-state index is -0.649. The quantitative estimate of drug-likeness (QED) is 0.688. The topological polar surface area (TPSA) is 86.5 Å². The van der Waals surface area contributed by atoms with Crippen molar-refractivity contribution in [2.45, 2.75) is 6.17 Å². The second-order valence-electron chi connectivity index (χ2n) is 5.97. The van der Waals surface area contributed by atoms with Crippen LogP contribution in [0.5, 0.6) is 11.5 Å². The fourth-order valence-corrected chi connectivity index (χ4v) is 4.00. The molecule has 2 N–H and O–H groups in total. The van der Waals surface area contributed by atoms with Gasteiger partial charge >= 0.3 is 0 Å². The van der Waals surface area contributed by atoms with Crippen molar-refractivity contribution >= 4 is 56.1 Å². The highest BCUT2D eigenvalue weighted by atomic mass is 79.9. The lowest BCUT2D eigenvalue weighted by Crippen LogP contribution is -2.50. The number of halogens is 2. The van der Waals surface area contributed by atoms with Crippen LogP contribution in [0.4, 0.5) is 0 Å². The lowest BCUT2D eigenvalue weighted by Gasteiger charge is -2.34. The van der Waals surface area contributed by atoms with Crippen molar-refractivity contribution < 1.29 is 14.6 Å². The van der Waals surface area contributed by atoms with E-state index in [1.807, 2.05) is 24.5 Å². The molecule has 0 aromatic heterocycles. The lowest BCUT2D eigenvalue weighted by atomic mass is 10.1. The maximum absolute atomic E-state index is 12.9. The summed E-state index contributed by atoms with van der Waals surface area (Å²) in [5.74, 6) is -0.200. The summed E-state index contributed by atoms with van der Waals surface area (Å²) in [5.41, 5.74) is 1.02. The molecule has 144 valence electrons. The van der Waals surface area contributed by atoms with Gasteiger partial charge in [0.15, 0.2) is 22.8 Å². The summed E-state index contributed by atoms with van der Waals surface area (Å²) < 4.78 is 6.04. The van der Waals surface area contributed by atoms with Crippen LogP contribution < -0.4 is 20.6 Å². The third-order valence-corrected chi connectivity index (χ3v) is 5.68. The Kier molecular flexibility index (Phi) is 4.98. The van der Waals surface area contributed by atoms with Crippen molar-refractivity contribution in [2.24, 2.45) is 10.1 Å². The third kappa shape index (κ3) is 3.13. The predicted octanol–water partition coefficient (Wildman–Crippen LogP) is 2.32. The van der Waals surface area contributed by atoms with E-state index in [9.17, 15) is 9.90 Å². The number of ether oxygens (including phenoxy) is 1. The zero-order chi connectivity index (χ0) is 20.0. The minimum Gasteiger partial charge on any atom is -0.503 e. The molecule has 1 unspecified atom stereocenters. The third-order valence-electron chi connectivity index (χ3n) is 4.33. The Morgan fingerprint density at radius 3 is 2.86 bits per heavy atom. The monoisotopic (exact) mass is 480 g/mol. The fraction of sp³-hybridized carbons (Fsp3) is 0.167. The van der Waals surface area contributed by atoms with Gasteiger partial charge in [0.1, 0.15) is 5.70 Å². The van der Waals surface area contributed by atoms with Gasteiger partial charge in [0.25, 0.3) is 5.91 Å². The largest absolute Gasteiger partial charge is 0.503 e. The molecule has 2 heterocycles. The van der Waals surface area contributed by atoms with E-state index >= 15 is 0 Å². The van der Waals surface area contributed by atoms with Crippen molar-refractivity contribution in [3.05, 3.63) is 56.0 Å². The van der Waals surface area contributed by atoms with Crippen molar-refractivity contribution in [3.63, 3.8) is 0 Å². The molecule has 28 heavy (non-hydrogen) atoms. The molecular formula is C18H14BrClN4O3S. The van der Waals surface area contributed by atoms with Gasteiger partial charge < -0.3 is 9.84 Å². The molecule has 0 fully saturated rings. The minimum absolute atomic E-state index is 0.128. The van der Waals surface area contributed by atoms with Gasteiger partial charge in [-0.1, -0.05) is 39.3 Å². The second kappa shape index (κ2) is 7.31. The Morgan fingerprint density at radius 1 is 1.36 bits per heavy atom.